The molecule has 0 unspecified atom stereocenters. The molecular weight excluding hydrogens is 453 g/mol. The molecule has 0 amide bonds. The van der Waals surface area contributed by atoms with Crippen molar-refractivity contribution in [2.24, 2.45) is 10.3 Å². The van der Waals surface area contributed by atoms with E-state index in [9.17, 15) is 28.4 Å². The number of benzene rings is 2. The van der Waals surface area contributed by atoms with E-state index in [1.807, 2.05) is 0 Å². The van der Waals surface area contributed by atoms with E-state index in [0.717, 1.165) is 10.4 Å². The monoisotopic (exact) mass is 473 g/mol. The number of methoxy groups -OCH3 is 1. The van der Waals surface area contributed by atoms with E-state index in [4.69, 9.17) is 4.74 Å². The average molecular weight is 473 g/mol. The summed E-state index contributed by atoms with van der Waals surface area (Å²) in [6, 6.07) is 7.27. The number of hydrogen-bond acceptors (Lipinski definition) is 9. The summed E-state index contributed by atoms with van der Waals surface area (Å²) in [5, 5.41) is 31.8. The van der Waals surface area contributed by atoms with Crippen molar-refractivity contribution in [1.29, 1.82) is 0 Å². The van der Waals surface area contributed by atoms with Crippen LogP contribution in [0.1, 0.15) is 17.3 Å². The number of carbonyl (C=O) groups excluding carboxylic acids is 1. The van der Waals surface area contributed by atoms with Gasteiger partial charge in [-0.05, 0) is 31.2 Å². The van der Waals surface area contributed by atoms with E-state index < -0.39 is 20.9 Å². The van der Waals surface area contributed by atoms with E-state index in [1.54, 1.807) is 6.92 Å². The maximum atomic E-state index is 12.3. The van der Waals surface area contributed by atoms with Crippen LogP contribution >= 0.6 is 0 Å². The maximum Gasteiger partial charge on any atom is 1.00 e. The van der Waals surface area contributed by atoms with E-state index in [2.05, 4.69) is 10.3 Å². The summed E-state index contributed by atoms with van der Waals surface area (Å²) in [6.45, 7) is 1.86. The van der Waals surface area contributed by atoms with Gasteiger partial charge in [-0.2, -0.15) is 0 Å². The van der Waals surface area contributed by atoms with Gasteiger partial charge in [0.05, 0.1) is 34.7 Å². The third-order valence-corrected chi connectivity index (χ3v) is 5.99. The number of anilines is 1. The Balaban J connectivity index is 0.00000512. The zero-order chi connectivity index (χ0) is 23.3. The number of aromatic carboxylic acids is 1. The van der Waals surface area contributed by atoms with Crippen LogP contribution in [-0.2, 0) is 10.0 Å². The van der Waals surface area contributed by atoms with Crippen molar-refractivity contribution >= 4 is 33.1 Å². The summed E-state index contributed by atoms with van der Waals surface area (Å²) in [6.07, 6.45) is 0. The van der Waals surface area contributed by atoms with Crippen molar-refractivity contribution in [2.45, 2.75) is 11.8 Å². The normalized spacial score (nSPS) is 11.3. The van der Waals surface area contributed by atoms with Crippen LogP contribution < -0.4 is 44.4 Å². The number of hydrogen-bond donors (Lipinski definition) is 0. The SMILES string of the molecule is CCN(N=Nc1ccc([N+](=O)[O-])cc1OC)c1ccc(S(=O)(=O)N(C)C)cc1C(=O)[O-].[Na+]. The van der Waals surface area contributed by atoms with Gasteiger partial charge < -0.3 is 14.6 Å². The van der Waals surface area contributed by atoms with Crippen molar-refractivity contribution in [2.75, 3.05) is 32.8 Å². The predicted octanol–water partition coefficient (Wildman–Crippen LogP) is -1.25. The number of ether oxygens (including phenoxy) is 1. The Hall–Kier alpha value is -2.58. The van der Waals surface area contributed by atoms with Crippen LogP contribution in [0.15, 0.2) is 51.6 Å². The minimum Gasteiger partial charge on any atom is -0.545 e. The molecular formula is C18H20N5NaO7S. The number of non-ortho nitro benzene ring substituents is 1. The smallest absolute Gasteiger partial charge is 0.545 e. The molecule has 14 heteroatoms. The first-order valence-electron chi connectivity index (χ1n) is 8.82. The topological polar surface area (TPSA) is 158 Å². The van der Waals surface area contributed by atoms with Crippen molar-refractivity contribution in [1.82, 2.24) is 4.31 Å². The first kappa shape index (κ1) is 27.5. The molecule has 2 aromatic carbocycles. The van der Waals surface area contributed by atoms with Gasteiger partial charge in [0.2, 0.25) is 10.0 Å². The Bertz CT molecular complexity index is 1140. The fourth-order valence-corrected chi connectivity index (χ4v) is 3.45. The second kappa shape index (κ2) is 11.3. The molecule has 0 fully saturated rings. The molecule has 12 nitrogen and oxygen atoms in total. The maximum absolute atomic E-state index is 12.3. The van der Waals surface area contributed by atoms with Gasteiger partial charge in [-0.15, -0.1) is 5.11 Å². The number of nitro groups is 1. The zero-order valence-corrected chi connectivity index (χ0v) is 21.0. The minimum absolute atomic E-state index is 0. The average Bonchev–Trinajstić information content (AvgIpc) is 2.73. The third kappa shape index (κ3) is 6.01. The second-order valence-corrected chi connectivity index (χ2v) is 8.42. The molecule has 32 heavy (non-hydrogen) atoms. The number of carboxylic acid groups (broad SMARTS) is 1. The molecule has 0 aliphatic heterocycles. The Morgan fingerprint density at radius 2 is 1.84 bits per heavy atom. The number of nitrogens with zero attached hydrogens (tertiary/aromatic N) is 5. The molecule has 0 N–H and O–H groups in total. The molecule has 2 rings (SSSR count). The molecule has 0 saturated heterocycles. The summed E-state index contributed by atoms with van der Waals surface area (Å²) in [5.74, 6) is -1.49. The molecule has 0 atom stereocenters. The molecule has 166 valence electrons. The molecule has 0 heterocycles. The van der Waals surface area contributed by atoms with E-state index in [0.29, 0.717) is 0 Å². The predicted molar refractivity (Wildman–Crippen MR) is 109 cm³/mol. The van der Waals surface area contributed by atoms with E-state index in [1.165, 1.54) is 56.5 Å². The fraction of sp³-hybridized carbons (Fsp3) is 0.278. The number of nitro benzene ring substituents is 1. The Morgan fingerprint density at radius 1 is 1.19 bits per heavy atom. The molecule has 0 spiro atoms. The van der Waals surface area contributed by atoms with Gasteiger partial charge in [-0.1, -0.05) is 5.22 Å². The van der Waals surface area contributed by atoms with Crippen molar-refractivity contribution < 1.29 is 57.5 Å². The molecule has 0 aromatic heterocycles. The summed E-state index contributed by atoms with van der Waals surface area (Å²) in [4.78, 5) is 21.8. The van der Waals surface area contributed by atoms with Gasteiger partial charge in [-0.25, -0.2) is 17.7 Å². The molecule has 0 saturated carbocycles. The molecule has 2 aromatic rings. The van der Waals surface area contributed by atoms with E-state index >= 15 is 0 Å². The molecule has 0 radical (unpaired) electrons. The summed E-state index contributed by atoms with van der Waals surface area (Å²) >= 11 is 0. The first-order valence-corrected chi connectivity index (χ1v) is 10.3. The standard InChI is InChI=1S/C18H21N5O7S.Na/c1-5-22(20-19-15-8-6-12(23(26)27)10-17(15)30-4)16-9-7-13(11-14(16)18(24)25)31(28,29)21(2)3;/h6-11H,5H2,1-4H3,(H,24,25);/q;+1/p-1. The quantitative estimate of drug-likeness (QED) is 0.189. The zero-order valence-electron chi connectivity index (χ0n) is 18.2. The third-order valence-electron chi connectivity index (χ3n) is 4.18. The first-order chi connectivity index (χ1) is 14.5. The van der Waals surface area contributed by atoms with Gasteiger partial charge in [0.15, 0.2) is 5.75 Å². The van der Waals surface area contributed by atoms with Crippen LogP contribution in [0.4, 0.5) is 17.1 Å². The Labute approximate surface area is 207 Å². The van der Waals surface area contributed by atoms with Crippen LogP contribution in [0.5, 0.6) is 5.75 Å². The molecule has 0 bridgehead atoms. The van der Waals surface area contributed by atoms with Crippen LogP contribution in [-0.4, -0.2) is 51.4 Å². The number of sulfonamides is 1. The van der Waals surface area contributed by atoms with Gasteiger partial charge >= 0.3 is 29.6 Å². The van der Waals surface area contributed by atoms with Crippen molar-refractivity contribution in [3.05, 3.63) is 52.1 Å². The summed E-state index contributed by atoms with van der Waals surface area (Å²) in [7, 11) is 0.105. The second-order valence-electron chi connectivity index (χ2n) is 6.27. The van der Waals surface area contributed by atoms with Gasteiger partial charge in [0.1, 0.15) is 5.69 Å². The van der Waals surface area contributed by atoms with Crippen LogP contribution in [0.3, 0.4) is 0 Å². The summed E-state index contributed by atoms with van der Waals surface area (Å²) in [5.41, 5.74) is -0.349. The van der Waals surface area contributed by atoms with Crippen molar-refractivity contribution in [3.63, 3.8) is 0 Å². The largest absolute Gasteiger partial charge is 1.00 e. The number of carbonyl (C=O) groups is 1. The Morgan fingerprint density at radius 3 is 2.34 bits per heavy atom. The van der Waals surface area contributed by atoms with Gasteiger partial charge in [0, 0.05) is 32.3 Å². The number of carboxylic acids is 1. The van der Waals surface area contributed by atoms with Crippen LogP contribution in [0, 0.1) is 10.1 Å². The van der Waals surface area contributed by atoms with Crippen LogP contribution in [0.2, 0.25) is 0 Å². The fourth-order valence-electron chi connectivity index (χ4n) is 2.52. The van der Waals surface area contributed by atoms with E-state index in [-0.39, 0.29) is 69.4 Å². The molecule has 0 aliphatic carbocycles. The van der Waals surface area contributed by atoms with Crippen molar-refractivity contribution in [3.8, 4) is 5.75 Å². The minimum atomic E-state index is -3.86. The number of rotatable bonds is 9. The summed E-state index contributed by atoms with van der Waals surface area (Å²) < 4.78 is 30.7. The van der Waals surface area contributed by atoms with Crippen LogP contribution in [0.25, 0.3) is 0 Å². The Kier molecular flexibility index (Phi) is 9.72. The molecule has 0 aliphatic rings. The van der Waals surface area contributed by atoms with Gasteiger partial charge in [0.25, 0.3) is 5.69 Å². The van der Waals surface area contributed by atoms with Gasteiger partial charge in [-0.3, -0.25) is 10.1 Å².